The number of hydrogen-bond acceptors (Lipinski definition) is 3. The standard InChI is InChI=1S/C23H29NO2/c1-6-16(4)23(25)22-18(7-2)12-11-14-20(22)24-17(5)19-13-9-10-15-21(19)26-8-3/h9-16,24H,5-8H2,1-4H3/t16-/m1/s1. The third kappa shape index (κ3) is 4.34. The molecule has 0 saturated carbocycles. The van der Waals surface area contributed by atoms with Crippen LogP contribution >= 0.6 is 0 Å². The first-order valence-corrected chi connectivity index (χ1v) is 9.37. The number of carbonyl (C=O) groups excluding carboxylic acids is 1. The summed E-state index contributed by atoms with van der Waals surface area (Å²) in [6.45, 7) is 12.8. The number of anilines is 1. The van der Waals surface area contributed by atoms with Crippen LogP contribution in [0.2, 0.25) is 0 Å². The molecule has 1 N–H and O–H groups in total. The Morgan fingerprint density at radius 1 is 1.12 bits per heavy atom. The average molecular weight is 351 g/mol. The third-order valence-electron chi connectivity index (χ3n) is 4.64. The van der Waals surface area contributed by atoms with Gasteiger partial charge in [-0.3, -0.25) is 4.79 Å². The Kier molecular flexibility index (Phi) is 7.02. The van der Waals surface area contributed by atoms with Gasteiger partial charge in [0.05, 0.1) is 6.61 Å². The van der Waals surface area contributed by atoms with Crippen molar-refractivity contribution in [1.29, 1.82) is 0 Å². The van der Waals surface area contributed by atoms with Crippen LogP contribution in [0, 0.1) is 5.92 Å². The van der Waals surface area contributed by atoms with Crippen LogP contribution in [-0.4, -0.2) is 12.4 Å². The SMILES string of the molecule is C=C(Nc1cccc(CC)c1C(=O)[C@H](C)CC)c1ccccc1OCC. The molecule has 0 aliphatic rings. The van der Waals surface area contributed by atoms with Crippen molar-refractivity contribution in [3.63, 3.8) is 0 Å². The Hall–Kier alpha value is -2.55. The fraction of sp³-hybridized carbons (Fsp3) is 0.348. The van der Waals surface area contributed by atoms with Crippen LogP contribution in [0.1, 0.15) is 55.6 Å². The van der Waals surface area contributed by atoms with E-state index in [1.807, 2.05) is 63.2 Å². The van der Waals surface area contributed by atoms with Crippen molar-refractivity contribution in [2.45, 2.75) is 40.5 Å². The molecular formula is C23H29NO2. The molecule has 2 rings (SSSR count). The number of rotatable bonds is 9. The summed E-state index contributed by atoms with van der Waals surface area (Å²) in [7, 11) is 0. The fourth-order valence-electron chi connectivity index (χ4n) is 2.95. The molecule has 2 aromatic carbocycles. The van der Waals surface area contributed by atoms with Gasteiger partial charge in [0, 0.05) is 28.4 Å². The highest BCUT2D eigenvalue weighted by Gasteiger charge is 2.21. The molecule has 0 unspecified atom stereocenters. The van der Waals surface area contributed by atoms with Crippen LogP contribution < -0.4 is 10.1 Å². The summed E-state index contributed by atoms with van der Waals surface area (Å²) in [5.74, 6) is 0.958. The van der Waals surface area contributed by atoms with E-state index in [9.17, 15) is 4.79 Å². The number of carbonyl (C=O) groups is 1. The second kappa shape index (κ2) is 9.23. The lowest BCUT2D eigenvalue weighted by atomic mass is 9.91. The first kappa shape index (κ1) is 19.8. The molecule has 0 aliphatic carbocycles. The maximum Gasteiger partial charge on any atom is 0.168 e. The molecule has 0 aromatic heterocycles. The number of ketones is 1. The van der Waals surface area contributed by atoms with Gasteiger partial charge in [-0.25, -0.2) is 0 Å². The largest absolute Gasteiger partial charge is 0.493 e. The highest BCUT2D eigenvalue weighted by atomic mass is 16.5. The van der Waals surface area contributed by atoms with E-state index in [-0.39, 0.29) is 11.7 Å². The molecule has 0 radical (unpaired) electrons. The molecule has 3 heteroatoms. The highest BCUT2D eigenvalue weighted by Crippen LogP contribution is 2.30. The molecule has 0 amide bonds. The topological polar surface area (TPSA) is 38.3 Å². The number of Topliss-reactive ketones (excluding diaryl/α,β-unsaturated/α-hetero) is 1. The zero-order valence-electron chi connectivity index (χ0n) is 16.3. The molecule has 0 fully saturated rings. The minimum absolute atomic E-state index is 0.00720. The number of aryl methyl sites for hydroxylation is 1. The van der Waals surface area contributed by atoms with Gasteiger partial charge in [0.1, 0.15) is 5.75 Å². The van der Waals surface area contributed by atoms with E-state index in [0.717, 1.165) is 46.7 Å². The molecule has 0 heterocycles. The van der Waals surface area contributed by atoms with Crippen LogP contribution in [0.5, 0.6) is 5.75 Å². The van der Waals surface area contributed by atoms with Gasteiger partial charge in [0.2, 0.25) is 0 Å². The van der Waals surface area contributed by atoms with Crippen LogP contribution in [0.25, 0.3) is 5.70 Å². The zero-order valence-corrected chi connectivity index (χ0v) is 16.3. The maximum absolute atomic E-state index is 13.0. The summed E-state index contributed by atoms with van der Waals surface area (Å²) in [5.41, 5.74) is 4.27. The molecule has 2 aromatic rings. The van der Waals surface area contributed by atoms with Gasteiger partial charge in [-0.05, 0) is 43.5 Å². The average Bonchev–Trinajstić information content (AvgIpc) is 2.67. The number of ether oxygens (including phenoxy) is 1. The Balaban J connectivity index is 2.41. The summed E-state index contributed by atoms with van der Waals surface area (Å²) in [6, 6.07) is 13.8. The smallest absolute Gasteiger partial charge is 0.168 e. The van der Waals surface area contributed by atoms with Gasteiger partial charge < -0.3 is 10.1 Å². The van der Waals surface area contributed by atoms with E-state index in [4.69, 9.17) is 4.74 Å². The second-order valence-corrected chi connectivity index (χ2v) is 6.40. The number of benzene rings is 2. The van der Waals surface area contributed by atoms with Gasteiger partial charge in [0.25, 0.3) is 0 Å². The van der Waals surface area contributed by atoms with Crippen molar-refractivity contribution in [2.75, 3.05) is 11.9 Å². The normalized spacial score (nSPS) is 11.7. The van der Waals surface area contributed by atoms with E-state index in [2.05, 4.69) is 18.8 Å². The van der Waals surface area contributed by atoms with Crippen molar-refractivity contribution in [3.05, 3.63) is 65.7 Å². The minimum atomic E-state index is -0.00720. The number of hydrogen-bond donors (Lipinski definition) is 1. The van der Waals surface area contributed by atoms with Crippen molar-refractivity contribution in [2.24, 2.45) is 5.92 Å². The summed E-state index contributed by atoms with van der Waals surface area (Å²) >= 11 is 0. The molecule has 3 nitrogen and oxygen atoms in total. The van der Waals surface area contributed by atoms with Crippen molar-refractivity contribution < 1.29 is 9.53 Å². The van der Waals surface area contributed by atoms with Crippen LogP contribution in [0.15, 0.2) is 49.0 Å². The summed E-state index contributed by atoms with van der Waals surface area (Å²) in [6.07, 6.45) is 1.64. The van der Waals surface area contributed by atoms with Crippen molar-refractivity contribution >= 4 is 17.2 Å². The Morgan fingerprint density at radius 3 is 2.50 bits per heavy atom. The first-order chi connectivity index (χ1) is 12.5. The van der Waals surface area contributed by atoms with Crippen molar-refractivity contribution in [1.82, 2.24) is 0 Å². The van der Waals surface area contributed by atoms with E-state index < -0.39 is 0 Å². The lowest BCUT2D eigenvalue weighted by molar-refractivity contribution is 0.0927. The molecule has 0 saturated heterocycles. The summed E-state index contributed by atoms with van der Waals surface area (Å²) in [4.78, 5) is 13.0. The molecule has 138 valence electrons. The third-order valence-corrected chi connectivity index (χ3v) is 4.64. The summed E-state index contributed by atoms with van der Waals surface area (Å²) < 4.78 is 5.71. The van der Waals surface area contributed by atoms with Gasteiger partial charge >= 0.3 is 0 Å². The molecule has 0 aliphatic heterocycles. The van der Waals surface area contributed by atoms with Gasteiger partial charge in [-0.15, -0.1) is 0 Å². The summed E-state index contributed by atoms with van der Waals surface area (Å²) in [5, 5.41) is 3.36. The highest BCUT2D eigenvalue weighted by molar-refractivity contribution is 6.05. The van der Waals surface area contributed by atoms with Crippen LogP contribution in [0.4, 0.5) is 5.69 Å². The molecule has 0 spiro atoms. The van der Waals surface area contributed by atoms with E-state index in [1.54, 1.807) is 0 Å². The quantitative estimate of drug-likeness (QED) is 0.567. The predicted octanol–water partition coefficient (Wildman–Crippen LogP) is 5.96. The van der Waals surface area contributed by atoms with Crippen LogP contribution in [0.3, 0.4) is 0 Å². The van der Waals surface area contributed by atoms with E-state index in [1.165, 1.54) is 0 Å². The van der Waals surface area contributed by atoms with E-state index >= 15 is 0 Å². The van der Waals surface area contributed by atoms with Crippen LogP contribution in [-0.2, 0) is 6.42 Å². The Bertz CT molecular complexity index is 780. The second-order valence-electron chi connectivity index (χ2n) is 6.40. The van der Waals surface area contributed by atoms with Gasteiger partial charge in [0.15, 0.2) is 5.78 Å². The minimum Gasteiger partial charge on any atom is -0.493 e. The first-order valence-electron chi connectivity index (χ1n) is 9.37. The van der Waals surface area contributed by atoms with Gasteiger partial charge in [-0.2, -0.15) is 0 Å². The number of para-hydroxylation sites is 1. The monoisotopic (exact) mass is 351 g/mol. The molecule has 1 atom stereocenters. The van der Waals surface area contributed by atoms with Gasteiger partial charge in [-0.1, -0.05) is 51.6 Å². The zero-order chi connectivity index (χ0) is 19.1. The maximum atomic E-state index is 13.0. The molecule has 0 bridgehead atoms. The molecular weight excluding hydrogens is 322 g/mol. The predicted molar refractivity (Wildman–Crippen MR) is 110 cm³/mol. The Labute approximate surface area is 157 Å². The lowest BCUT2D eigenvalue weighted by Gasteiger charge is -2.19. The fourth-order valence-corrected chi connectivity index (χ4v) is 2.95. The Morgan fingerprint density at radius 2 is 1.85 bits per heavy atom. The van der Waals surface area contributed by atoms with Crippen molar-refractivity contribution in [3.8, 4) is 5.75 Å². The number of nitrogens with one attached hydrogen (secondary N) is 1. The lowest BCUT2D eigenvalue weighted by Crippen LogP contribution is -2.15. The molecule has 26 heavy (non-hydrogen) atoms. The van der Waals surface area contributed by atoms with E-state index in [0.29, 0.717) is 6.61 Å².